The van der Waals surface area contributed by atoms with Gasteiger partial charge in [0.15, 0.2) is 0 Å². The molecule has 1 aromatic heterocycles. The van der Waals surface area contributed by atoms with Gasteiger partial charge in [0.2, 0.25) is 0 Å². The molecular weight excluding hydrogens is 255 g/mol. The van der Waals surface area contributed by atoms with Gasteiger partial charge in [0.25, 0.3) is 5.56 Å². The van der Waals surface area contributed by atoms with Gasteiger partial charge in [-0.1, -0.05) is 12.1 Å². The minimum absolute atomic E-state index is 0.0620. The molecule has 3 rings (SSSR count). The summed E-state index contributed by atoms with van der Waals surface area (Å²) in [5.74, 6) is 0.566. The third-order valence-electron chi connectivity index (χ3n) is 3.80. The number of benzene rings is 1. The Balaban J connectivity index is 1.63. The first-order valence-corrected chi connectivity index (χ1v) is 7.08. The number of hydrogen-bond donors (Lipinski definition) is 1. The fourth-order valence-corrected chi connectivity index (χ4v) is 2.74. The summed E-state index contributed by atoms with van der Waals surface area (Å²) in [5.41, 5.74) is 2.98. The van der Waals surface area contributed by atoms with E-state index in [1.807, 2.05) is 0 Å². The molecule has 0 bridgehead atoms. The minimum atomic E-state index is -0.210. The highest BCUT2D eigenvalue weighted by atomic mass is 19.1. The van der Waals surface area contributed by atoms with Crippen LogP contribution in [-0.2, 0) is 25.7 Å². The van der Waals surface area contributed by atoms with Crippen molar-refractivity contribution in [3.05, 3.63) is 63.1 Å². The van der Waals surface area contributed by atoms with Gasteiger partial charge in [-0.15, -0.1) is 0 Å². The number of aromatic amines is 1. The van der Waals surface area contributed by atoms with E-state index in [0.29, 0.717) is 0 Å². The van der Waals surface area contributed by atoms with Crippen LogP contribution >= 0.6 is 0 Å². The second-order valence-corrected chi connectivity index (χ2v) is 5.28. The molecule has 104 valence electrons. The molecule has 0 fully saturated rings. The summed E-state index contributed by atoms with van der Waals surface area (Å²) in [6.45, 7) is 0. The summed E-state index contributed by atoms with van der Waals surface area (Å²) in [5, 5.41) is 0. The third kappa shape index (κ3) is 2.79. The van der Waals surface area contributed by atoms with E-state index in [4.69, 9.17) is 0 Å². The lowest BCUT2D eigenvalue weighted by molar-refractivity contribution is 0.626. The molecule has 0 spiro atoms. The van der Waals surface area contributed by atoms with Crippen LogP contribution in [0.25, 0.3) is 0 Å². The Bertz CT molecular complexity index is 661. The average molecular weight is 272 g/mol. The van der Waals surface area contributed by atoms with Crippen LogP contribution in [0.3, 0.4) is 0 Å². The highest BCUT2D eigenvalue weighted by molar-refractivity contribution is 5.23. The highest BCUT2D eigenvalue weighted by Gasteiger charge is 2.16. The van der Waals surface area contributed by atoms with Gasteiger partial charge in [-0.2, -0.15) is 4.98 Å². The van der Waals surface area contributed by atoms with Crippen LogP contribution in [0.1, 0.15) is 35.5 Å². The van der Waals surface area contributed by atoms with Crippen LogP contribution in [0, 0.1) is 5.82 Å². The standard InChI is InChI=1S/C16H17FN2O/c17-12-9-7-11(8-10-12)3-1-6-15-18-14-5-2-4-13(14)16(20)19-15/h7-10H,1-6H2,(H,18,19,20). The molecule has 1 aliphatic rings. The predicted molar refractivity (Wildman–Crippen MR) is 75.3 cm³/mol. The van der Waals surface area contributed by atoms with Crippen molar-refractivity contribution in [2.45, 2.75) is 38.5 Å². The molecule has 4 heteroatoms. The lowest BCUT2D eigenvalue weighted by Crippen LogP contribution is -2.17. The summed E-state index contributed by atoms with van der Waals surface area (Å²) in [6, 6.07) is 6.55. The Hall–Kier alpha value is -1.97. The number of nitrogens with one attached hydrogen (secondary N) is 1. The molecule has 0 amide bonds. The van der Waals surface area contributed by atoms with Crippen molar-refractivity contribution >= 4 is 0 Å². The van der Waals surface area contributed by atoms with Gasteiger partial charge in [-0.25, -0.2) is 4.39 Å². The van der Waals surface area contributed by atoms with Crippen LogP contribution in [-0.4, -0.2) is 9.97 Å². The largest absolute Gasteiger partial charge is 0.347 e. The lowest BCUT2D eigenvalue weighted by Gasteiger charge is -2.05. The Labute approximate surface area is 116 Å². The van der Waals surface area contributed by atoms with E-state index >= 15 is 0 Å². The zero-order valence-electron chi connectivity index (χ0n) is 11.3. The normalized spacial score (nSPS) is 13.4. The molecule has 1 aromatic carbocycles. The highest BCUT2D eigenvalue weighted by Crippen LogP contribution is 2.16. The maximum Gasteiger partial charge on any atom is 0.276 e. The maximum atomic E-state index is 12.8. The van der Waals surface area contributed by atoms with E-state index in [9.17, 15) is 9.18 Å². The van der Waals surface area contributed by atoms with Gasteiger partial charge in [0.1, 0.15) is 11.6 Å². The van der Waals surface area contributed by atoms with Gasteiger partial charge >= 0.3 is 0 Å². The second kappa shape index (κ2) is 5.57. The van der Waals surface area contributed by atoms with Crippen molar-refractivity contribution in [2.75, 3.05) is 0 Å². The zero-order chi connectivity index (χ0) is 13.9. The first-order valence-electron chi connectivity index (χ1n) is 7.08. The van der Waals surface area contributed by atoms with Crippen molar-refractivity contribution in [1.82, 2.24) is 9.97 Å². The molecule has 0 saturated carbocycles. The SMILES string of the molecule is O=c1nc(CCCc2ccc(F)cc2)[nH]c2c1CCC2. The number of rotatable bonds is 4. The van der Waals surface area contributed by atoms with Gasteiger partial charge in [-0.05, 0) is 49.8 Å². The second-order valence-electron chi connectivity index (χ2n) is 5.28. The average Bonchev–Trinajstić information content (AvgIpc) is 2.90. The number of hydrogen-bond acceptors (Lipinski definition) is 2. The summed E-state index contributed by atoms with van der Waals surface area (Å²) >= 11 is 0. The van der Waals surface area contributed by atoms with Crippen molar-refractivity contribution in [1.29, 1.82) is 0 Å². The zero-order valence-corrected chi connectivity index (χ0v) is 11.3. The first kappa shape index (κ1) is 13.0. The number of aromatic nitrogens is 2. The van der Waals surface area contributed by atoms with Crippen LogP contribution in [0.2, 0.25) is 0 Å². The first-order chi connectivity index (χ1) is 9.72. The van der Waals surface area contributed by atoms with Gasteiger partial charge in [-0.3, -0.25) is 4.79 Å². The molecule has 0 saturated heterocycles. The van der Waals surface area contributed by atoms with Crippen LogP contribution < -0.4 is 5.56 Å². The van der Waals surface area contributed by atoms with E-state index in [2.05, 4.69) is 9.97 Å². The topological polar surface area (TPSA) is 45.8 Å². The number of fused-ring (bicyclic) bond motifs is 1. The molecule has 1 heterocycles. The Kier molecular flexibility index (Phi) is 3.63. The summed E-state index contributed by atoms with van der Waals surface area (Å²) in [6.07, 6.45) is 5.36. The van der Waals surface area contributed by atoms with Gasteiger partial charge in [0.05, 0.1) is 0 Å². The number of aryl methyl sites for hydroxylation is 3. The predicted octanol–water partition coefficient (Wildman–Crippen LogP) is 2.57. The summed E-state index contributed by atoms with van der Waals surface area (Å²) in [7, 11) is 0. The Morgan fingerprint density at radius 1 is 1.15 bits per heavy atom. The number of H-pyrrole nitrogens is 1. The molecule has 1 aliphatic carbocycles. The molecule has 0 radical (unpaired) electrons. The van der Waals surface area contributed by atoms with Gasteiger partial charge in [0, 0.05) is 17.7 Å². The van der Waals surface area contributed by atoms with Gasteiger partial charge < -0.3 is 4.98 Å². The molecule has 3 nitrogen and oxygen atoms in total. The van der Waals surface area contributed by atoms with Crippen molar-refractivity contribution in [3.63, 3.8) is 0 Å². The minimum Gasteiger partial charge on any atom is -0.347 e. The fourth-order valence-electron chi connectivity index (χ4n) is 2.74. The molecule has 0 aliphatic heterocycles. The smallest absolute Gasteiger partial charge is 0.276 e. The number of nitrogens with zero attached hydrogens (tertiary/aromatic N) is 1. The number of halogens is 1. The summed E-state index contributed by atoms with van der Waals surface area (Å²) < 4.78 is 12.8. The monoisotopic (exact) mass is 272 g/mol. The van der Waals surface area contributed by atoms with Crippen LogP contribution in [0.4, 0.5) is 4.39 Å². The molecule has 1 N–H and O–H groups in total. The third-order valence-corrected chi connectivity index (χ3v) is 3.80. The van der Waals surface area contributed by atoms with Crippen LogP contribution in [0.5, 0.6) is 0 Å². The van der Waals surface area contributed by atoms with Crippen LogP contribution in [0.15, 0.2) is 29.1 Å². The molecule has 0 unspecified atom stereocenters. The maximum absolute atomic E-state index is 12.8. The lowest BCUT2D eigenvalue weighted by atomic mass is 10.1. The summed E-state index contributed by atoms with van der Waals surface area (Å²) in [4.78, 5) is 19.2. The Morgan fingerprint density at radius 3 is 2.75 bits per heavy atom. The molecule has 20 heavy (non-hydrogen) atoms. The quantitative estimate of drug-likeness (QED) is 0.929. The van der Waals surface area contributed by atoms with E-state index < -0.39 is 0 Å². The molecule has 0 atom stereocenters. The van der Waals surface area contributed by atoms with E-state index in [1.165, 1.54) is 12.1 Å². The van der Waals surface area contributed by atoms with E-state index in [0.717, 1.165) is 61.2 Å². The van der Waals surface area contributed by atoms with Crippen molar-refractivity contribution < 1.29 is 4.39 Å². The van der Waals surface area contributed by atoms with E-state index in [-0.39, 0.29) is 11.4 Å². The molecular formula is C16H17FN2O. The Morgan fingerprint density at radius 2 is 1.95 bits per heavy atom. The van der Waals surface area contributed by atoms with Crippen molar-refractivity contribution in [3.8, 4) is 0 Å². The van der Waals surface area contributed by atoms with E-state index in [1.54, 1.807) is 12.1 Å². The van der Waals surface area contributed by atoms with Crippen molar-refractivity contribution in [2.24, 2.45) is 0 Å². The molecule has 2 aromatic rings. The fraction of sp³-hybridized carbons (Fsp3) is 0.375.